The molecule has 82 valence electrons. The van der Waals surface area contributed by atoms with Gasteiger partial charge in [-0.15, -0.1) is 0 Å². The van der Waals surface area contributed by atoms with E-state index in [-0.39, 0.29) is 16.9 Å². The molecule has 0 saturated heterocycles. The monoisotopic (exact) mass is 217 g/mol. The maximum absolute atomic E-state index is 12.5. The summed E-state index contributed by atoms with van der Waals surface area (Å²) in [7, 11) is 1.44. The van der Waals surface area contributed by atoms with Crippen molar-refractivity contribution >= 4 is 17.6 Å². The third-order valence-corrected chi connectivity index (χ3v) is 1.81. The molecular weight excluding hydrogens is 207 g/mol. The molecule has 0 aliphatic rings. The lowest BCUT2D eigenvalue weighted by atomic mass is 10.1. The van der Waals surface area contributed by atoms with Crippen LogP contribution in [0.4, 0.5) is 24.5 Å². The van der Waals surface area contributed by atoms with Crippen LogP contribution in [0, 0.1) is 0 Å². The van der Waals surface area contributed by atoms with E-state index in [9.17, 15) is 13.2 Å². The van der Waals surface area contributed by atoms with Crippen molar-refractivity contribution in [3.05, 3.63) is 23.3 Å². The van der Waals surface area contributed by atoms with Crippen LogP contribution < -0.4 is 11.5 Å². The fourth-order valence-corrected chi connectivity index (χ4v) is 1.18. The topological polar surface area (TPSA) is 64.4 Å². The van der Waals surface area contributed by atoms with Crippen LogP contribution in [0.1, 0.15) is 11.1 Å². The first-order chi connectivity index (χ1) is 6.86. The zero-order valence-corrected chi connectivity index (χ0v) is 7.97. The molecule has 0 bridgehead atoms. The summed E-state index contributed by atoms with van der Waals surface area (Å²) in [6.45, 7) is 0. The summed E-state index contributed by atoms with van der Waals surface area (Å²) < 4.78 is 37.4. The maximum atomic E-state index is 12.5. The molecule has 0 amide bonds. The van der Waals surface area contributed by atoms with E-state index in [1.54, 1.807) is 0 Å². The highest BCUT2D eigenvalue weighted by atomic mass is 19.4. The van der Waals surface area contributed by atoms with Gasteiger partial charge in [0, 0.05) is 24.5 Å². The Morgan fingerprint density at radius 2 is 1.87 bits per heavy atom. The van der Waals surface area contributed by atoms with Crippen molar-refractivity contribution in [1.29, 1.82) is 0 Å². The third kappa shape index (κ3) is 2.39. The highest BCUT2D eigenvalue weighted by Gasteiger charge is 2.33. The number of benzene rings is 1. The van der Waals surface area contributed by atoms with Crippen molar-refractivity contribution in [2.75, 3.05) is 18.5 Å². The molecule has 0 fully saturated rings. The van der Waals surface area contributed by atoms with Crippen molar-refractivity contribution in [3.8, 4) is 0 Å². The van der Waals surface area contributed by atoms with Crippen LogP contribution in [0.15, 0.2) is 17.1 Å². The van der Waals surface area contributed by atoms with Crippen molar-refractivity contribution in [1.82, 2.24) is 0 Å². The zero-order chi connectivity index (χ0) is 11.6. The lowest BCUT2D eigenvalue weighted by Gasteiger charge is -2.12. The Labute approximate surface area is 84.6 Å². The number of halogens is 3. The van der Waals surface area contributed by atoms with E-state index in [2.05, 4.69) is 4.99 Å². The molecule has 0 unspecified atom stereocenters. The van der Waals surface area contributed by atoms with Gasteiger partial charge in [0.25, 0.3) is 0 Å². The SMILES string of the molecule is CN=Cc1cc(N)cc(C(F)(F)F)c1N. The molecule has 0 radical (unpaired) electrons. The quantitative estimate of drug-likeness (QED) is 0.557. The van der Waals surface area contributed by atoms with E-state index in [1.165, 1.54) is 19.3 Å². The summed E-state index contributed by atoms with van der Waals surface area (Å²) in [5.74, 6) is 0. The Morgan fingerprint density at radius 3 is 2.33 bits per heavy atom. The lowest BCUT2D eigenvalue weighted by molar-refractivity contribution is -0.136. The molecule has 0 aromatic heterocycles. The number of anilines is 2. The zero-order valence-electron chi connectivity index (χ0n) is 7.97. The molecule has 15 heavy (non-hydrogen) atoms. The van der Waals surface area contributed by atoms with Gasteiger partial charge in [0.05, 0.1) is 11.3 Å². The standard InChI is InChI=1S/C9H10F3N3/c1-15-4-5-2-6(13)3-7(8(5)14)9(10,11)12/h2-4H,13-14H2,1H3. The van der Waals surface area contributed by atoms with Gasteiger partial charge >= 0.3 is 6.18 Å². The number of rotatable bonds is 1. The van der Waals surface area contributed by atoms with E-state index in [1.807, 2.05) is 0 Å². The number of aliphatic imine (C=N–C) groups is 1. The minimum absolute atomic E-state index is 0.00595. The van der Waals surface area contributed by atoms with Crippen molar-refractivity contribution in [2.45, 2.75) is 6.18 Å². The molecule has 0 atom stereocenters. The number of alkyl halides is 3. The van der Waals surface area contributed by atoms with E-state index in [0.29, 0.717) is 0 Å². The fourth-order valence-electron chi connectivity index (χ4n) is 1.18. The number of nitrogens with zero attached hydrogens (tertiary/aromatic N) is 1. The number of nitrogens with two attached hydrogens (primary N) is 2. The predicted molar refractivity (Wildman–Crippen MR) is 53.8 cm³/mol. The van der Waals surface area contributed by atoms with Crippen LogP contribution in [0.5, 0.6) is 0 Å². The smallest absolute Gasteiger partial charge is 0.399 e. The maximum Gasteiger partial charge on any atom is 0.418 e. The van der Waals surface area contributed by atoms with Gasteiger partial charge in [-0.1, -0.05) is 0 Å². The fraction of sp³-hybridized carbons (Fsp3) is 0.222. The first-order valence-corrected chi connectivity index (χ1v) is 4.04. The molecule has 3 nitrogen and oxygen atoms in total. The number of nitrogen functional groups attached to an aromatic ring is 2. The highest BCUT2D eigenvalue weighted by molar-refractivity contribution is 5.89. The van der Waals surface area contributed by atoms with Gasteiger partial charge in [-0.2, -0.15) is 13.2 Å². The molecule has 0 heterocycles. The van der Waals surface area contributed by atoms with Gasteiger partial charge in [0.1, 0.15) is 0 Å². The van der Waals surface area contributed by atoms with Gasteiger partial charge < -0.3 is 11.5 Å². The first-order valence-electron chi connectivity index (χ1n) is 4.04. The molecule has 0 aliphatic carbocycles. The molecule has 0 aliphatic heterocycles. The molecule has 1 rings (SSSR count). The Balaban J connectivity index is 3.41. The summed E-state index contributed by atoms with van der Waals surface area (Å²) in [6, 6.07) is 2.15. The minimum Gasteiger partial charge on any atom is -0.399 e. The van der Waals surface area contributed by atoms with Crippen LogP contribution in [0.25, 0.3) is 0 Å². The highest BCUT2D eigenvalue weighted by Crippen LogP contribution is 2.36. The lowest BCUT2D eigenvalue weighted by Crippen LogP contribution is -2.11. The second kappa shape index (κ2) is 3.80. The average molecular weight is 217 g/mol. The van der Waals surface area contributed by atoms with Gasteiger partial charge in [-0.05, 0) is 12.1 Å². The van der Waals surface area contributed by atoms with Gasteiger partial charge in [0.15, 0.2) is 0 Å². The van der Waals surface area contributed by atoms with E-state index < -0.39 is 11.7 Å². The first kappa shape index (κ1) is 11.4. The van der Waals surface area contributed by atoms with Crippen LogP contribution >= 0.6 is 0 Å². The molecule has 0 saturated carbocycles. The number of hydrogen-bond donors (Lipinski definition) is 2. The molecule has 4 N–H and O–H groups in total. The van der Waals surface area contributed by atoms with Crippen molar-refractivity contribution < 1.29 is 13.2 Å². The molecule has 1 aromatic carbocycles. The van der Waals surface area contributed by atoms with E-state index >= 15 is 0 Å². The Hall–Kier alpha value is -1.72. The summed E-state index contributed by atoms with van der Waals surface area (Å²) >= 11 is 0. The van der Waals surface area contributed by atoms with Crippen LogP contribution in [-0.4, -0.2) is 13.3 Å². The second-order valence-corrected chi connectivity index (χ2v) is 2.96. The van der Waals surface area contributed by atoms with E-state index in [0.717, 1.165) is 6.07 Å². The average Bonchev–Trinajstić information content (AvgIpc) is 2.09. The van der Waals surface area contributed by atoms with E-state index in [4.69, 9.17) is 11.5 Å². The Kier molecular flexibility index (Phi) is 2.88. The molecular formula is C9H10F3N3. The number of hydrogen-bond acceptors (Lipinski definition) is 3. The summed E-state index contributed by atoms with van der Waals surface area (Å²) in [5.41, 5.74) is 9.58. The van der Waals surface area contributed by atoms with Crippen LogP contribution in [0.3, 0.4) is 0 Å². The molecule has 0 spiro atoms. The third-order valence-electron chi connectivity index (χ3n) is 1.81. The van der Waals surface area contributed by atoms with Gasteiger partial charge in [-0.25, -0.2) is 0 Å². The summed E-state index contributed by atoms with van der Waals surface area (Å²) in [4.78, 5) is 3.60. The Bertz CT molecular complexity index is 396. The largest absolute Gasteiger partial charge is 0.418 e. The normalized spacial score (nSPS) is 12.3. The van der Waals surface area contributed by atoms with Gasteiger partial charge in [0.2, 0.25) is 0 Å². The van der Waals surface area contributed by atoms with Gasteiger partial charge in [-0.3, -0.25) is 4.99 Å². The van der Waals surface area contributed by atoms with Crippen molar-refractivity contribution in [2.24, 2.45) is 4.99 Å². The van der Waals surface area contributed by atoms with Crippen LogP contribution in [-0.2, 0) is 6.18 Å². The second-order valence-electron chi connectivity index (χ2n) is 2.96. The molecule has 6 heteroatoms. The summed E-state index contributed by atoms with van der Waals surface area (Å²) in [5, 5.41) is 0. The van der Waals surface area contributed by atoms with Crippen LogP contribution in [0.2, 0.25) is 0 Å². The summed E-state index contributed by atoms with van der Waals surface area (Å²) in [6.07, 6.45) is -3.27. The molecule has 1 aromatic rings. The van der Waals surface area contributed by atoms with Crippen molar-refractivity contribution in [3.63, 3.8) is 0 Å². The predicted octanol–water partition coefficient (Wildman–Crippen LogP) is 1.92. The Morgan fingerprint density at radius 1 is 1.27 bits per heavy atom. The minimum atomic E-state index is -4.50.